The number of nitrogens with zero attached hydrogens (tertiary/aromatic N) is 1. The Labute approximate surface area is 135 Å². The van der Waals surface area contributed by atoms with Crippen molar-refractivity contribution in [3.63, 3.8) is 0 Å². The number of amides is 1. The quantitative estimate of drug-likeness (QED) is 0.399. The maximum absolute atomic E-state index is 11.4. The number of carbonyl (C=O) groups excluding carboxylic acids is 1. The average molecular weight is 320 g/mol. The summed E-state index contributed by atoms with van der Waals surface area (Å²) in [6.45, 7) is 5.70. The number of ether oxygens (including phenoxy) is 2. The van der Waals surface area contributed by atoms with E-state index in [1.165, 1.54) is 25.3 Å². The summed E-state index contributed by atoms with van der Waals surface area (Å²) < 4.78 is 10.2. The number of nitro benzene ring substituents is 1. The number of alkyl carbamates (subject to hydrolysis) is 1. The summed E-state index contributed by atoms with van der Waals surface area (Å²) in [6, 6.07) is 4.22. The molecule has 0 saturated carbocycles. The third-order valence-electron chi connectivity index (χ3n) is 2.54. The highest BCUT2D eigenvalue weighted by Gasteiger charge is 2.15. The van der Waals surface area contributed by atoms with Gasteiger partial charge in [0.25, 0.3) is 5.69 Å². The van der Waals surface area contributed by atoms with E-state index < -0.39 is 16.6 Å². The van der Waals surface area contributed by atoms with Crippen LogP contribution in [0, 0.1) is 22.0 Å². The second-order valence-corrected chi connectivity index (χ2v) is 5.62. The van der Waals surface area contributed by atoms with Gasteiger partial charge in [0.2, 0.25) is 0 Å². The summed E-state index contributed by atoms with van der Waals surface area (Å²) in [6.07, 6.45) is -0.0773. The van der Waals surface area contributed by atoms with E-state index in [1.807, 2.05) is 0 Å². The van der Waals surface area contributed by atoms with Gasteiger partial charge < -0.3 is 14.8 Å². The van der Waals surface area contributed by atoms with Crippen molar-refractivity contribution in [2.75, 3.05) is 13.7 Å². The number of nitro groups is 1. The number of hydrogen-bond donors (Lipinski definition) is 1. The molecule has 0 fully saturated rings. The first-order chi connectivity index (χ1) is 10.7. The van der Waals surface area contributed by atoms with Gasteiger partial charge in [0.15, 0.2) is 0 Å². The van der Waals surface area contributed by atoms with Gasteiger partial charge in [-0.1, -0.05) is 11.8 Å². The highest BCUT2D eigenvalue weighted by atomic mass is 16.6. The van der Waals surface area contributed by atoms with Gasteiger partial charge in [0, 0.05) is 19.0 Å². The Morgan fingerprint density at radius 2 is 2.09 bits per heavy atom. The molecule has 1 amide bonds. The fourth-order valence-corrected chi connectivity index (χ4v) is 1.60. The number of methoxy groups -OCH3 is 1. The van der Waals surface area contributed by atoms with E-state index in [4.69, 9.17) is 9.47 Å². The Kier molecular flexibility index (Phi) is 6.39. The van der Waals surface area contributed by atoms with E-state index in [9.17, 15) is 14.9 Å². The summed E-state index contributed by atoms with van der Waals surface area (Å²) in [5.74, 6) is 6.08. The third kappa shape index (κ3) is 6.70. The number of carbonyl (C=O) groups is 1. The molecule has 0 aliphatic carbocycles. The fourth-order valence-electron chi connectivity index (χ4n) is 1.60. The fraction of sp³-hybridized carbons (Fsp3) is 0.438. The van der Waals surface area contributed by atoms with Gasteiger partial charge in [-0.25, -0.2) is 4.79 Å². The van der Waals surface area contributed by atoms with E-state index in [-0.39, 0.29) is 5.69 Å². The molecule has 0 unspecified atom stereocenters. The Morgan fingerprint density at radius 1 is 1.39 bits per heavy atom. The minimum Gasteiger partial charge on any atom is -0.495 e. The molecule has 0 radical (unpaired) electrons. The molecule has 0 spiro atoms. The topological polar surface area (TPSA) is 90.7 Å². The maximum Gasteiger partial charge on any atom is 0.407 e. The molecule has 1 aromatic rings. The monoisotopic (exact) mass is 320 g/mol. The Balaban J connectivity index is 2.57. The van der Waals surface area contributed by atoms with Crippen molar-refractivity contribution in [1.29, 1.82) is 0 Å². The molecule has 23 heavy (non-hydrogen) atoms. The minimum atomic E-state index is -0.540. The summed E-state index contributed by atoms with van der Waals surface area (Å²) in [7, 11) is 1.42. The van der Waals surface area contributed by atoms with Gasteiger partial charge >= 0.3 is 6.09 Å². The lowest BCUT2D eigenvalue weighted by molar-refractivity contribution is -0.384. The smallest absolute Gasteiger partial charge is 0.407 e. The molecule has 0 aliphatic heterocycles. The highest BCUT2D eigenvalue weighted by molar-refractivity contribution is 5.67. The molecule has 0 atom stereocenters. The SMILES string of the molecule is COc1cc([N+](=O)[O-])ccc1C#CCCNC(=O)OC(C)(C)C. The lowest BCUT2D eigenvalue weighted by Gasteiger charge is -2.19. The van der Waals surface area contributed by atoms with Crippen molar-refractivity contribution in [1.82, 2.24) is 5.32 Å². The average Bonchev–Trinajstić information content (AvgIpc) is 2.44. The van der Waals surface area contributed by atoms with Gasteiger partial charge in [0.05, 0.1) is 23.7 Å². The van der Waals surface area contributed by atoms with Crippen LogP contribution in [-0.4, -0.2) is 30.3 Å². The molecule has 1 rings (SSSR count). The van der Waals surface area contributed by atoms with Crippen LogP contribution >= 0.6 is 0 Å². The van der Waals surface area contributed by atoms with Crippen LogP contribution in [0.2, 0.25) is 0 Å². The normalized spacial score (nSPS) is 10.3. The Bertz CT molecular complexity index is 638. The van der Waals surface area contributed by atoms with Crippen LogP contribution in [-0.2, 0) is 4.74 Å². The third-order valence-corrected chi connectivity index (χ3v) is 2.54. The molecule has 0 aromatic heterocycles. The summed E-state index contributed by atoms with van der Waals surface area (Å²) in [5, 5.41) is 13.3. The van der Waals surface area contributed by atoms with Crippen LogP contribution in [0.1, 0.15) is 32.8 Å². The summed E-state index contributed by atoms with van der Waals surface area (Å²) in [4.78, 5) is 21.6. The van der Waals surface area contributed by atoms with Crippen molar-refractivity contribution >= 4 is 11.8 Å². The first-order valence-electron chi connectivity index (χ1n) is 7.01. The van der Waals surface area contributed by atoms with E-state index >= 15 is 0 Å². The van der Waals surface area contributed by atoms with Crippen molar-refractivity contribution in [2.24, 2.45) is 0 Å². The van der Waals surface area contributed by atoms with Gasteiger partial charge in [-0.3, -0.25) is 10.1 Å². The lowest BCUT2D eigenvalue weighted by Crippen LogP contribution is -2.32. The zero-order chi connectivity index (χ0) is 17.5. The largest absolute Gasteiger partial charge is 0.495 e. The molecular formula is C16H20N2O5. The predicted molar refractivity (Wildman–Crippen MR) is 85.4 cm³/mol. The zero-order valence-corrected chi connectivity index (χ0v) is 13.6. The molecule has 0 heterocycles. The molecule has 0 saturated heterocycles. The Morgan fingerprint density at radius 3 is 2.65 bits per heavy atom. The molecule has 7 heteroatoms. The van der Waals surface area contributed by atoms with Crippen LogP contribution in [0.4, 0.5) is 10.5 Å². The van der Waals surface area contributed by atoms with Crippen LogP contribution in [0.3, 0.4) is 0 Å². The van der Waals surface area contributed by atoms with E-state index in [1.54, 1.807) is 20.8 Å². The second-order valence-electron chi connectivity index (χ2n) is 5.62. The lowest BCUT2D eigenvalue weighted by atomic mass is 10.2. The number of nitrogens with one attached hydrogen (secondary N) is 1. The number of non-ortho nitro benzene ring substituents is 1. The zero-order valence-electron chi connectivity index (χ0n) is 13.6. The number of benzene rings is 1. The molecule has 1 aromatic carbocycles. The first kappa shape index (κ1) is 18.3. The van der Waals surface area contributed by atoms with E-state index in [0.29, 0.717) is 24.3 Å². The van der Waals surface area contributed by atoms with Crippen LogP contribution in [0.5, 0.6) is 5.75 Å². The molecular weight excluding hydrogens is 300 g/mol. The molecule has 0 aliphatic rings. The van der Waals surface area contributed by atoms with Gasteiger partial charge in [0.1, 0.15) is 11.4 Å². The maximum atomic E-state index is 11.4. The standard InChI is InChI=1S/C16H20N2O5/c1-16(2,3)23-15(19)17-10-6-5-7-12-8-9-13(18(20)21)11-14(12)22-4/h8-9,11H,6,10H2,1-4H3,(H,17,19). The van der Waals surface area contributed by atoms with Crippen molar-refractivity contribution < 1.29 is 19.2 Å². The minimum absolute atomic E-state index is 0.0565. The second kappa shape index (κ2) is 8.03. The van der Waals surface area contributed by atoms with E-state index in [0.717, 1.165) is 0 Å². The highest BCUT2D eigenvalue weighted by Crippen LogP contribution is 2.23. The molecule has 0 bridgehead atoms. The molecule has 7 nitrogen and oxygen atoms in total. The first-order valence-corrected chi connectivity index (χ1v) is 7.01. The van der Waals surface area contributed by atoms with Crippen molar-refractivity contribution in [2.45, 2.75) is 32.8 Å². The van der Waals surface area contributed by atoms with Gasteiger partial charge in [-0.05, 0) is 26.8 Å². The summed E-state index contributed by atoms with van der Waals surface area (Å²) >= 11 is 0. The Hall–Kier alpha value is -2.75. The number of rotatable bonds is 4. The summed E-state index contributed by atoms with van der Waals surface area (Å²) in [5.41, 5.74) is -0.0450. The van der Waals surface area contributed by atoms with Crippen molar-refractivity contribution in [3.05, 3.63) is 33.9 Å². The van der Waals surface area contributed by atoms with Crippen molar-refractivity contribution in [3.8, 4) is 17.6 Å². The molecule has 124 valence electrons. The van der Waals surface area contributed by atoms with Crippen LogP contribution in [0.15, 0.2) is 18.2 Å². The molecule has 1 N–H and O–H groups in total. The van der Waals surface area contributed by atoms with E-state index in [2.05, 4.69) is 17.2 Å². The van der Waals surface area contributed by atoms with Gasteiger partial charge in [-0.15, -0.1) is 0 Å². The van der Waals surface area contributed by atoms with Gasteiger partial charge in [-0.2, -0.15) is 0 Å². The number of hydrogen-bond acceptors (Lipinski definition) is 5. The van der Waals surface area contributed by atoms with Crippen LogP contribution < -0.4 is 10.1 Å². The van der Waals surface area contributed by atoms with Crippen LogP contribution in [0.25, 0.3) is 0 Å². The predicted octanol–water partition coefficient (Wildman–Crippen LogP) is 2.87.